The normalized spacial score (nSPS) is 18.8. The van der Waals surface area contributed by atoms with Crippen molar-refractivity contribution >= 4 is 15.8 Å². The average molecular weight is 335 g/mol. The Labute approximate surface area is 126 Å². The van der Waals surface area contributed by atoms with Gasteiger partial charge in [0.2, 0.25) is 0 Å². The molecule has 22 heavy (non-hydrogen) atoms. The Kier molecular flexibility index (Phi) is 4.37. The molecule has 1 heterocycles. The molecule has 0 saturated heterocycles. The van der Waals surface area contributed by atoms with E-state index in [-0.39, 0.29) is 23.0 Å². The first-order valence-electron chi connectivity index (χ1n) is 6.52. The van der Waals surface area contributed by atoms with Gasteiger partial charge >= 0.3 is 6.18 Å². The second kappa shape index (κ2) is 5.79. The lowest BCUT2D eigenvalue weighted by Crippen LogP contribution is -2.37. The number of alkyl halides is 3. The van der Waals surface area contributed by atoms with E-state index in [0.29, 0.717) is 18.6 Å². The molecule has 122 valence electrons. The minimum Gasteiger partial charge on any atom is -0.352 e. The number of nitrogens with one attached hydrogen (secondary N) is 2. The molecule has 2 N–H and O–H groups in total. The van der Waals surface area contributed by atoms with Crippen LogP contribution in [0.2, 0.25) is 0 Å². The number of benzene rings is 1. The van der Waals surface area contributed by atoms with Gasteiger partial charge in [-0.15, -0.1) is 0 Å². The number of hydrogen-bond acceptors (Lipinski definition) is 5. The van der Waals surface area contributed by atoms with E-state index >= 15 is 0 Å². The summed E-state index contributed by atoms with van der Waals surface area (Å²) in [6.45, 7) is 2.55. The molecule has 0 radical (unpaired) electrons. The minimum atomic E-state index is -4.60. The van der Waals surface area contributed by atoms with E-state index in [0.717, 1.165) is 12.3 Å². The Hall–Kier alpha value is -1.77. The topological polar surface area (TPSA) is 70.6 Å². The second-order valence-corrected chi connectivity index (χ2v) is 7.24. The monoisotopic (exact) mass is 335 g/mol. The molecular weight excluding hydrogens is 319 g/mol. The smallest absolute Gasteiger partial charge is 0.352 e. The lowest BCUT2D eigenvalue weighted by molar-refractivity contribution is -0.137. The summed E-state index contributed by atoms with van der Waals surface area (Å²) in [6, 6.07) is 2.97. The first-order chi connectivity index (χ1) is 10.1. The largest absolute Gasteiger partial charge is 0.416 e. The maximum absolute atomic E-state index is 12.9. The summed E-state index contributed by atoms with van der Waals surface area (Å²) in [6.07, 6.45) is -3.73. The number of guanidine groups is 1. The number of aliphatic imine (C=N–C) groups is 1. The van der Waals surface area contributed by atoms with Crippen LogP contribution in [0.3, 0.4) is 0 Å². The average Bonchev–Trinajstić information content (AvgIpc) is 2.80. The van der Waals surface area contributed by atoms with Crippen molar-refractivity contribution in [3.8, 4) is 0 Å². The van der Waals surface area contributed by atoms with Crippen LogP contribution in [0.5, 0.6) is 0 Å². The van der Waals surface area contributed by atoms with Gasteiger partial charge in [0, 0.05) is 18.8 Å². The van der Waals surface area contributed by atoms with Gasteiger partial charge in [0.25, 0.3) is 0 Å². The minimum absolute atomic E-state index is 0.0466. The van der Waals surface area contributed by atoms with E-state index in [1.807, 2.05) is 6.92 Å². The number of rotatable bonds is 3. The molecule has 0 aromatic heterocycles. The maximum Gasteiger partial charge on any atom is 0.416 e. The van der Waals surface area contributed by atoms with Crippen molar-refractivity contribution in [3.05, 3.63) is 29.3 Å². The molecule has 0 saturated carbocycles. The fourth-order valence-corrected chi connectivity index (χ4v) is 2.69. The van der Waals surface area contributed by atoms with Crippen molar-refractivity contribution < 1.29 is 21.6 Å². The van der Waals surface area contributed by atoms with Gasteiger partial charge < -0.3 is 10.6 Å². The molecule has 0 amide bonds. The van der Waals surface area contributed by atoms with Crippen molar-refractivity contribution in [3.63, 3.8) is 0 Å². The number of halogens is 3. The molecule has 5 nitrogen and oxygen atoms in total. The van der Waals surface area contributed by atoms with Gasteiger partial charge in [-0.3, -0.25) is 4.99 Å². The van der Waals surface area contributed by atoms with Crippen LogP contribution >= 0.6 is 0 Å². The van der Waals surface area contributed by atoms with Crippen molar-refractivity contribution in [1.82, 2.24) is 10.6 Å². The fraction of sp³-hybridized carbons (Fsp3) is 0.462. The Morgan fingerprint density at radius 2 is 2.05 bits per heavy atom. The van der Waals surface area contributed by atoms with E-state index in [9.17, 15) is 21.6 Å². The molecule has 0 bridgehead atoms. The van der Waals surface area contributed by atoms with E-state index in [1.165, 1.54) is 6.07 Å². The summed E-state index contributed by atoms with van der Waals surface area (Å²) in [5.41, 5.74) is -0.763. The summed E-state index contributed by atoms with van der Waals surface area (Å²) >= 11 is 0. The molecule has 2 rings (SSSR count). The third-order valence-corrected chi connectivity index (χ3v) is 4.18. The zero-order valence-corrected chi connectivity index (χ0v) is 12.8. The Bertz CT molecular complexity index is 699. The standard InChI is InChI=1S/C13H16F3N3O2S/c1-8-6-17-12(19-8)18-7-9-3-10(13(14,15)16)5-11(4-9)22(2,20)21/h3-5,8H,6-7H2,1-2H3,(H2,17,18,19). The predicted molar refractivity (Wildman–Crippen MR) is 76.3 cm³/mol. The van der Waals surface area contributed by atoms with E-state index in [2.05, 4.69) is 15.6 Å². The first kappa shape index (κ1) is 16.6. The van der Waals surface area contributed by atoms with Gasteiger partial charge in [0.15, 0.2) is 15.8 Å². The highest BCUT2D eigenvalue weighted by molar-refractivity contribution is 7.90. The van der Waals surface area contributed by atoms with Crippen LogP contribution in [0, 0.1) is 0 Å². The van der Waals surface area contributed by atoms with Gasteiger partial charge in [-0.05, 0) is 30.7 Å². The lowest BCUT2D eigenvalue weighted by Gasteiger charge is -2.13. The highest BCUT2D eigenvalue weighted by Crippen LogP contribution is 2.31. The third-order valence-electron chi connectivity index (χ3n) is 3.09. The molecule has 0 aliphatic carbocycles. The summed E-state index contributed by atoms with van der Waals surface area (Å²) in [5.74, 6) is 0.491. The molecule has 9 heteroatoms. The van der Waals surface area contributed by atoms with E-state index in [4.69, 9.17) is 0 Å². The molecule has 1 unspecified atom stereocenters. The quantitative estimate of drug-likeness (QED) is 0.879. The van der Waals surface area contributed by atoms with Gasteiger partial charge in [-0.2, -0.15) is 13.2 Å². The first-order valence-corrected chi connectivity index (χ1v) is 8.41. The molecule has 0 fully saturated rings. The third kappa shape index (κ3) is 4.12. The van der Waals surface area contributed by atoms with Crippen LogP contribution < -0.4 is 10.6 Å². The van der Waals surface area contributed by atoms with Crippen molar-refractivity contribution in [2.24, 2.45) is 4.99 Å². The predicted octanol–water partition coefficient (Wildman–Crippen LogP) is 1.55. The number of sulfone groups is 1. The van der Waals surface area contributed by atoms with Crippen LogP contribution in [0.1, 0.15) is 18.1 Å². The van der Waals surface area contributed by atoms with E-state index in [1.54, 1.807) is 0 Å². The van der Waals surface area contributed by atoms with Crippen LogP contribution in [-0.2, 0) is 22.6 Å². The molecule has 1 aromatic carbocycles. The zero-order valence-electron chi connectivity index (χ0n) is 12.0. The Morgan fingerprint density at radius 1 is 1.36 bits per heavy atom. The molecule has 1 atom stereocenters. The zero-order chi connectivity index (χ0) is 16.5. The van der Waals surface area contributed by atoms with Crippen molar-refractivity contribution in [2.45, 2.75) is 30.6 Å². The van der Waals surface area contributed by atoms with Gasteiger partial charge in [-0.1, -0.05) is 0 Å². The van der Waals surface area contributed by atoms with Crippen LogP contribution in [-0.4, -0.2) is 33.2 Å². The van der Waals surface area contributed by atoms with Crippen molar-refractivity contribution in [1.29, 1.82) is 0 Å². The van der Waals surface area contributed by atoms with Gasteiger partial charge in [0.05, 0.1) is 17.0 Å². The second-order valence-electron chi connectivity index (χ2n) is 5.22. The fourth-order valence-electron chi connectivity index (χ4n) is 1.99. The van der Waals surface area contributed by atoms with Crippen LogP contribution in [0.15, 0.2) is 28.1 Å². The summed E-state index contributed by atoms with van der Waals surface area (Å²) in [5, 5.41) is 5.87. The summed E-state index contributed by atoms with van der Waals surface area (Å²) in [7, 11) is -3.73. The number of hydrogen-bond donors (Lipinski definition) is 2. The van der Waals surface area contributed by atoms with Crippen LogP contribution in [0.25, 0.3) is 0 Å². The molecule has 0 spiro atoms. The van der Waals surface area contributed by atoms with Crippen molar-refractivity contribution in [2.75, 3.05) is 12.8 Å². The Morgan fingerprint density at radius 3 is 2.55 bits per heavy atom. The van der Waals surface area contributed by atoms with Gasteiger partial charge in [0.1, 0.15) is 0 Å². The maximum atomic E-state index is 12.9. The summed E-state index contributed by atoms with van der Waals surface area (Å²) < 4.78 is 61.7. The molecular formula is C13H16F3N3O2S. The van der Waals surface area contributed by atoms with E-state index < -0.39 is 21.6 Å². The summed E-state index contributed by atoms with van der Waals surface area (Å²) in [4.78, 5) is 3.78. The molecule has 1 aliphatic rings. The number of nitrogens with zero attached hydrogens (tertiary/aromatic N) is 1. The molecule has 1 aromatic rings. The lowest BCUT2D eigenvalue weighted by atomic mass is 10.1. The highest BCUT2D eigenvalue weighted by atomic mass is 32.2. The van der Waals surface area contributed by atoms with Gasteiger partial charge in [-0.25, -0.2) is 8.42 Å². The Balaban J connectivity index is 2.26. The molecule has 1 aliphatic heterocycles. The highest BCUT2D eigenvalue weighted by Gasteiger charge is 2.32. The SMILES string of the molecule is CC1CN=C(NCc2cc(C(F)(F)F)cc(S(C)(=O)=O)c2)N1. The van der Waals surface area contributed by atoms with Crippen LogP contribution in [0.4, 0.5) is 13.2 Å².